The van der Waals surface area contributed by atoms with E-state index in [1.54, 1.807) is 0 Å². The van der Waals surface area contributed by atoms with Gasteiger partial charge in [0.1, 0.15) is 17.7 Å². The van der Waals surface area contributed by atoms with Crippen molar-refractivity contribution in [2.75, 3.05) is 23.7 Å². The van der Waals surface area contributed by atoms with Crippen LogP contribution in [0.2, 0.25) is 0 Å². The van der Waals surface area contributed by atoms with E-state index < -0.39 is 11.7 Å². The average molecular weight is 323 g/mol. The van der Waals surface area contributed by atoms with Crippen molar-refractivity contribution in [1.82, 2.24) is 24.9 Å². The quantitative estimate of drug-likeness (QED) is 0.624. The van der Waals surface area contributed by atoms with Crippen molar-refractivity contribution in [1.29, 1.82) is 0 Å². The van der Waals surface area contributed by atoms with Gasteiger partial charge >= 0.3 is 6.18 Å². The van der Waals surface area contributed by atoms with E-state index in [9.17, 15) is 13.2 Å². The molecule has 0 amide bonds. The number of hydrogen-bond donors (Lipinski definition) is 3. The van der Waals surface area contributed by atoms with Crippen LogP contribution < -0.4 is 10.6 Å². The number of imidazole rings is 1. The van der Waals surface area contributed by atoms with Crippen LogP contribution in [0.3, 0.4) is 0 Å². The topological polar surface area (TPSA) is 91.4 Å². The van der Waals surface area contributed by atoms with Crippen LogP contribution in [0.5, 0.6) is 0 Å². The number of anilines is 2. The van der Waals surface area contributed by atoms with Crippen LogP contribution in [-0.2, 0) is 6.18 Å². The zero-order valence-electron chi connectivity index (χ0n) is 11.7. The van der Waals surface area contributed by atoms with E-state index in [1.165, 1.54) is 24.9 Å². The molecular weight excluding hydrogens is 311 g/mol. The van der Waals surface area contributed by atoms with E-state index in [0.29, 0.717) is 23.5 Å². The Morgan fingerprint density at radius 1 is 1.00 bits per heavy atom. The van der Waals surface area contributed by atoms with Gasteiger partial charge in [0.2, 0.25) is 0 Å². The summed E-state index contributed by atoms with van der Waals surface area (Å²) < 4.78 is 38.5. The first-order valence-electron chi connectivity index (χ1n) is 6.70. The van der Waals surface area contributed by atoms with Gasteiger partial charge in [0, 0.05) is 19.3 Å². The first-order valence-corrected chi connectivity index (χ1v) is 6.70. The molecule has 0 aliphatic carbocycles. The fourth-order valence-corrected chi connectivity index (χ4v) is 2.04. The van der Waals surface area contributed by atoms with Gasteiger partial charge in [-0.25, -0.2) is 19.9 Å². The van der Waals surface area contributed by atoms with Crippen LogP contribution in [0.1, 0.15) is 5.56 Å². The zero-order chi connectivity index (χ0) is 16.3. The van der Waals surface area contributed by atoms with Gasteiger partial charge in [-0.2, -0.15) is 13.2 Å². The maximum atomic E-state index is 12.8. The SMILES string of the molecule is FC(F)(F)c1cccnc1NCCNc1ncnc2nc[nH]c12. The summed E-state index contributed by atoms with van der Waals surface area (Å²) in [6.07, 6.45) is -0.284. The molecule has 0 atom stereocenters. The van der Waals surface area contributed by atoms with Crippen LogP contribution >= 0.6 is 0 Å². The molecule has 0 aliphatic heterocycles. The van der Waals surface area contributed by atoms with Crippen molar-refractivity contribution in [3.63, 3.8) is 0 Å². The lowest BCUT2D eigenvalue weighted by atomic mass is 10.2. The second kappa shape index (κ2) is 6.07. The third-order valence-corrected chi connectivity index (χ3v) is 3.05. The number of nitrogens with zero attached hydrogens (tertiary/aromatic N) is 4. The highest BCUT2D eigenvalue weighted by Gasteiger charge is 2.33. The maximum Gasteiger partial charge on any atom is 0.419 e. The van der Waals surface area contributed by atoms with Gasteiger partial charge in [-0.05, 0) is 12.1 Å². The van der Waals surface area contributed by atoms with Gasteiger partial charge in [-0.1, -0.05) is 0 Å². The number of H-pyrrole nitrogens is 1. The summed E-state index contributed by atoms with van der Waals surface area (Å²) in [5.41, 5.74) is 0.360. The van der Waals surface area contributed by atoms with Gasteiger partial charge in [0.05, 0.1) is 11.9 Å². The third-order valence-electron chi connectivity index (χ3n) is 3.05. The maximum absolute atomic E-state index is 12.8. The van der Waals surface area contributed by atoms with E-state index >= 15 is 0 Å². The lowest BCUT2D eigenvalue weighted by molar-refractivity contribution is -0.137. The number of aromatic nitrogens is 5. The average Bonchev–Trinajstić information content (AvgIpc) is 3.00. The molecule has 0 aromatic carbocycles. The number of rotatable bonds is 5. The minimum absolute atomic E-state index is 0.198. The molecule has 0 unspecified atom stereocenters. The number of fused-ring (bicyclic) bond motifs is 1. The number of pyridine rings is 1. The van der Waals surface area contributed by atoms with Crippen LogP contribution in [-0.4, -0.2) is 38.0 Å². The summed E-state index contributed by atoms with van der Waals surface area (Å²) in [6.45, 7) is 0.582. The van der Waals surface area contributed by atoms with Crippen molar-refractivity contribution in [2.24, 2.45) is 0 Å². The zero-order valence-corrected chi connectivity index (χ0v) is 11.7. The van der Waals surface area contributed by atoms with E-state index in [1.807, 2.05) is 0 Å². The van der Waals surface area contributed by atoms with Crippen molar-refractivity contribution in [3.05, 3.63) is 36.5 Å². The van der Waals surface area contributed by atoms with E-state index in [4.69, 9.17) is 0 Å². The number of nitrogens with one attached hydrogen (secondary N) is 3. The predicted molar refractivity (Wildman–Crippen MR) is 77.9 cm³/mol. The molecule has 0 bridgehead atoms. The predicted octanol–water partition coefficient (Wildman–Crippen LogP) is 2.29. The Hall–Kier alpha value is -2.91. The largest absolute Gasteiger partial charge is 0.419 e. The molecule has 0 saturated carbocycles. The van der Waals surface area contributed by atoms with Crippen molar-refractivity contribution >= 4 is 22.8 Å². The molecule has 0 spiro atoms. The Morgan fingerprint density at radius 2 is 1.78 bits per heavy atom. The van der Waals surface area contributed by atoms with Gasteiger partial charge in [-0.3, -0.25) is 0 Å². The first-order chi connectivity index (χ1) is 11.1. The van der Waals surface area contributed by atoms with Gasteiger partial charge in [0.15, 0.2) is 11.5 Å². The molecule has 3 aromatic rings. The minimum atomic E-state index is -4.45. The van der Waals surface area contributed by atoms with E-state index in [0.717, 1.165) is 6.07 Å². The van der Waals surface area contributed by atoms with E-state index in [-0.39, 0.29) is 12.4 Å². The standard InChI is InChI=1S/C13H12F3N7/c14-13(15,16)8-2-1-3-17-10(8)18-4-5-19-11-9-12(21-6-20-9)23-7-22-11/h1-3,6-7H,4-5H2,(H,17,18)(H2,19,20,21,22,23). The lowest BCUT2D eigenvalue weighted by Gasteiger charge is -2.13. The highest BCUT2D eigenvalue weighted by atomic mass is 19.4. The summed E-state index contributed by atoms with van der Waals surface area (Å²) in [5.74, 6) is 0.336. The molecule has 3 aromatic heterocycles. The van der Waals surface area contributed by atoms with Crippen LogP contribution in [0.25, 0.3) is 11.2 Å². The molecule has 3 rings (SSSR count). The molecule has 3 N–H and O–H groups in total. The second-order valence-electron chi connectivity index (χ2n) is 4.57. The monoisotopic (exact) mass is 323 g/mol. The van der Waals surface area contributed by atoms with Crippen LogP contribution in [0, 0.1) is 0 Å². The lowest BCUT2D eigenvalue weighted by Crippen LogP contribution is -2.18. The Morgan fingerprint density at radius 3 is 2.57 bits per heavy atom. The van der Waals surface area contributed by atoms with Crippen LogP contribution in [0.15, 0.2) is 31.0 Å². The van der Waals surface area contributed by atoms with Gasteiger partial charge < -0.3 is 15.6 Å². The number of aromatic amines is 1. The third kappa shape index (κ3) is 3.30. The Labute approximate surface area is 128 Å². The first kappa shape index (κ1) is 15.0. The molecule has 3 heterocycles. The summed E-state index contributed by atoms with van der Waals surface area (Å²) in [4.78, 5) is 18.7. The molecule has 0 aliphatic rings. The highest BCUT2D eigenvalue weighted by molar-refractivity contribution is 5.81. The Bertz CT molecular complexity index is 799. The van der Waals surface area contributed by atoms with Crippen molar-refractivity contribution in [2.45, 2.75) is 6.18 Å². The summed E-state index contributed by atoms with van der Waals surface area (Å²) in [5, 5.41) is 5.68. The summed E-state index contributed by atoms with van der Waals surface area (Å²) in [6, 6.07) is 2.24. The highest BCUT2D eigenvalue weighted by Crippen LogP contribution is 2.33. The normalized spacial score (nSPS) is 11.6. The Balaban J connectivity index is 1.62. The molecule has 120 valence electrons. The second-order valence-corrected chi connectivity index (χ2v) is 4.57. The summed E-state index contributed by atoms with van der Waals surface area (Å²) in [7, 11) is 0. The smallest absolute Gasteiger partial charge is 0.368 e. The molecule has 0 radical (unpaired) electrons. The fourth-order valence-electron chi connectivity index (χ4n) is 2.04. The van der Waals surface area contributed by atoms with Gasteiger partial charge in [0.25, 0.3) is 0 Å². The van der Waals surface area contributed by atoms with Crippen LogP contribution in [0.4, 0.5) is 24.8 Å². The summed E-state index contributed by atoms with van der Waals surface area (Å²) >= 11 is 0. The van der Waals surface area contributed by atoms with Gasteiger partial charge in [-0.15, -0.1) is 0 Å². The Kier molecular flexibility index (Phi) is 3.96. The number of halogens is 3. The van der Waals surface area contributed by atoms with Crippen molar-refractivity contribution in [3.8, 4) is 0 Å². The van der Waals surface area contributed by atoms with Crippen molar-refractivity contribution < 1.29 is 13.2 Å². The number of alkyl halides is 3. The number of hydrogen-bond acceptors (Lipinski definition) is 6. The molecule has 0 fully saturated rings. The minimum Gasteiger partial charge on any atom is -0.368 e. The fraction of sp³-hybridized carbons (Fsp3) is 0.231. The molecule has 0 saturated heterocycles. The molecule has 7 nitrogen and oxygen atoms in total. The molecule has 10 heteroatoms. The van der Waals surface area contributed by atoms with E-state index in [2.05, 4.69) is 35.6 Å². The molecular formula is C13H12F3N7. The molecule has 23 heavy (non-hydrogen) atoms.